The van der Waals surface area contributed by atoms with Gasteiger partial charge in [0.25, 0.3) is 0 Å². The number of likely N-dealkylation sites (tertiary alicyclic amines) is 1. The van der Waals surface area contributed by atoms with E-state index in [9.17, 15) is 4.79 Å². The first kappa shape index (κ1) is 18.1. The lowest BCUT2D eigenvalue weighted by Gasteiger charge is -2.30. The van der Waals surface area contributed by atoms with Gasteiger partial charge in [0.15, 0.2) is 0 Å². The molecule has 0 atom stereocenters. The second-order valence-electron chi connectivity index (χ2n) is 6.74. The van der Waals surface area contributed by atoms with Gasteiger partial charge in [0, 0.05) is 35.1 Å². The SMILES string of the molecule is O=C(/C=C/c1cc(Cl)ccc1Cl)N1CCC(c2nc3ccccc3[nH]2)CC1. The Kier molecular flexibility index (Phi) is 5.19. The highest BCUT2D eigenvalue weighted by molar-refractivity contribution is 6.34. The Morgan fingerprint density at radius 3 is 2.70 bits per heavy atom. The first-order chi connectivity index (χ1) is 13.1. The Morgan fingerprint density at radius 1 is 1.15 bits per heavy atom. The zero-order chi connectivity index (χ0) is 18.8. The van der Waals surface area contributed by atoms with Crippen LogP contribution in [-0.4, -0.2) is 33.9 Å². The van der Waals surface area contributed by atoms with Crippen molar-refractivity contribution in [2.75, 3.05) is 13.1 Å². The lowest BCUT2D eigenvalue weighted by atomic mass is 9.96. The first-order valence-electron chi connectivity index (χ1n) is 8.97. The average Bonchev–Trinajstić information content (AvgIpc) is 3.13. The number of nitrogens with one attached hydrogen (secondary N) is 1. The molecule has 6 heteroatoms. The van der Waals surface area contributed by atoms with Gasteiger partial charge in [-0.25, -0.2) is 4.98 Å². The number of halogens is 2. The van der Waals surface area contributed by atoms with Crippen molar-refractivity contribution in [2.24, 2.45) is 0 Å². The van der Waals surface area contributed by atoms with Crippen LogP contribution in [0.5, 0.6) is 0 Å². The molecule has 1 aliphatic heterocycles. The van der Waals surface area contributed by atoms with E-state index >= 15 is 0 Å². The molecule has 27 heavy (non-hydrogen) atoms. The number of H-pyrrole nitrogens is 1. The number of hydrogen-bond acceptors (Lipinski definition) is 2. The lowest BCUT2D eigenvalue weighted by molar-refractivity contribution is -0.127. The van der Waals surface area contributed by atoms with E-state index in [1.54, 1.807) is 30.4 Å². The van der Waals surface area contributed by atoms with E-state index in [1.807, 2.05) is 29.2 Å². The number of nitrogens with zero attached hydrogens (tertiary/aromatic N) is 2. The number of para-hydroxylation sites is 2. The maximum Gasteiger partial charge on any atom is 0.246 e. The molecule has 0 saturated carbocycles. The summed E-state index contributed by atoms with van der Waals surface area (Å²) in [6, 6.07) is 13.3. The van der Waals surface area contributed by atoms with Crippen molar-refractivity contribution in [3.05, 3.63) is 70.0 Å². The summed E-state index contributed by atoms with van der Waals surface area (Å²) >= 11 is 12.1. The first-order valence-corrected chi connectivity index (χ1v) is 9.72. The number of carbonyl (C=O) groups is 1. The van der Waals surface area contributed by atoms with Gasteiger partial charge >= 0.3 is 0 Å². The fraction of sp³-hybridized carbons (Fsp3) is 0.238. The Hall–Kier alpha value is -2.30. The molecule has 2 aromatic carbocycles. The number of hydrogen-bond donors (Lipinski definition) is 1. The number of benzene rings is 2. The monoisotopic (exact) mass is 399 g/mol. The zero-order valence-corrected chi connectivity index (χ0v) is 16.2. The van der Waals surface area contributed by atoms with E-state index < -0.39 is 0 Å². The van der Waals surface area contributed by atoms with Crippen molar-refractivity contribution in [1.82, 2.24) is 14.9 Å². The van der Waals surface area contributed by atoms with Gasteiger partial charge in [0.2, 0.25) is 5.91 Å². The van der Waals surface area contributed by atoms with Crippen molar-refractivity contribution in [3.63, 3.8) is 0 Å². The van der Waals surface area contributed by atoms with Crippen LogP contribution in [-0.2, 0) is 4.79 Å². The number of fused-ring (bicyclic) bond motifs is 1. The topological polar surface area (TPSA) is 49.0 Å². The van der Waals surface area contributed by atoms with Gasteiger partial charge in [-0.15, -0.1) is 0 Å². The third kappa shape index (κ3) is 4.02. The largest absolute Gasteiger partial charge is 0.342 e. The molecule has 4 nitrogen and oxygen atoms in total. The van der Waals surface area contributed by atoms with Gasteiger partial charge in [0.1, 0.15) is 5.82 Å². The summed E-state index contributed by atoms with van der Waals surface area (Å²) < 4.78 is 0. The molecule has 0 aliphatic carbocycles. The highest BCUT2D eigenvalue weighted by Gasteiger charge is 2.24. The summed E-state index contributed by atoms with van der Waals surface area (Å²) in [5.74, 6) is 1.37. The van der Waals surface area contributed by atoms with Crippen LogP contribution >= 0.6 is 23.2 Å². The van der Waals surface area contributed by atoms with Crippen LogP contribution in [0.1, 0.15) is 30.1 Å². The molecular weight excluding hydrogens is 381 g/mol. The number of amides is 1. The Balaban J connectivity index is 1.39. The molecule has 1 N–H and O–H groups in total. The summed E-state index contributed by atoms with van der Waals surface area (Å²) in [5, 5.41) is 1.17. The van der Waals surface area contributed by atoms with Crippen LogP contribution < -0.4 is 0 Å². The van der Waals surface area contributed by atoms with Crippen LogP contribution in [0.15, 0.2) is 48.5 Å². The summed E-state index contributed by atoms with van der Waals surface area (Å²) in [7, 11) is 0. The molecule has 1 aromatic heterocycles. The van der Waals surface area contributed by atoms with Crippen LogP contribution in [0.3, 0.4) is 0 Å². The average molecular weight is 400 g/mol. The summed E-state index contributed by atoms with van der Waals surface area (Å²) in [4.78, 5) is 22.5. The van der Waals surface area contributed by atoms with E-state index in [0.717, 1.165) is 35.3 Å². The van der Waals surface area contributed by atoms with Gasteiger partial charge in [0.05, 0.1) is 11.0 Å². The third-order valence-electron chi connectivity index (χ3n) is 4.96. The van der Waals surface area contributed by atoms with Crippen molar-refractivity contribution in [3.8, 4) is 0 Å². The molecule has 1 fully saturated rings. The van der Waals surface area contributed by atoms with E-state index in [4.69, 9.17) is 28.2 Å². The second-order valence-corrected chi connectivity index (χ2v) is 7.58. The zero-order valence-electron chi connectivity index (χ0n) is 14.7. The predicted molar refractivity (Wildman–Crippen MR) is 110 cm³/mol. The van der Waals surface area contributed by atoms with Crippen molar-refractivity contribution >= 4 is 46.2 Å². The molecular formula is C21H19Cl2N3O. The van der Waals surface area contributed by atoms with Crippen molar-refractivity contribution in [1.29, 1.82) is 0 Å². The van der Waals surface area contributed by atoms with Gasteiger partial charge in [-0.05, 0) is 54.8 Å². The molecule has 2 heterocycles. The molecule has 0 unspecified atom stereocenters. The molecule has 138 valence electrons. The molecule has 1 saturated heterocycles. The summed E-state index contributed by atoms with van der Waals surface area (Å²) in [5.41, 5.74) is 2.80. The van der Waals surface area contributed by atoms with E-state index in [-0.39, 0.29) is 5.91 Å². The van der Waals surface area contributed by atoms with Gasteiger partial charge in [-0.1, -0.05) is 35.3 Å². The smallest absolute Gasteiger partial charge is 0.246 e. The van der Waals surface area contributed by atoms with Crippen LogP contribution in [0.2, 0.25) is 10.0 Å². The molecule has 3 aromatic rings. The number of imidazole rings is 1. The number of aromatic nitrogens is 2. The van der Waals surface area contributed by atoms with Gasteiger partial charge < -0.3 is 9.88 Å². The standard InChI is InChI=1S/C21H19Cl2N3O/c22-16-6-7-17(23)15(13-16)5-8-20(27)26-11-9-14(10-12-26)21-24-18-3-1-2-4-19(18)25-21/h1-8,13-14H,9-12H2,(H,24,25)/b8-5+. The second kappa shape index (κ2) is 7.75. The highest BCUT2D eigenvalue weighted by Crippen LogP contribution is 2.28. The molecule has 0 spiro atoms. The maximum atomic E-state index is 12.5. The molecule has 0 radical (unpaired) electrons. The summed E-state index contributed by atoms with van der Waals surface area (Å²) in [6.07, 6.45) is 5.09. The Morgan fingerprint density at radius 2 is 1.93 bits per heavy atom. The van der Waals surface area contributed by atoms with Crippen molar-refractivity contribution < 1.29 is 4.79 Å². The van der Waals surface area contributed by atoms with E-state index in [2.05, 4.69) is 4.98 Å². The number of carbonyl (C=O) groups excluding carboxylic acids is 1. The third-order valence-corrected chi connectivity index (χ3v) is 5.54. The Labute approximate surface area is 167 Å². The minimum Gasteiger partial charge on any atom is -0.342 e. The normalized spacial score (nSPS) is 15.7. The Bertz CT molecular complexity index is 971. The highest BCUT2D eigenvalue weighted by atomic mass is 35.5. The fourth-order valence-corrected chi connectivity index (χ4v) is 3.81. The number of aromatic amines is 1. The fourth-order valence-electron chi connectivity index (χ4n) is 3.45. The van der Waals surface area contributed by atoms with E-state index in [1.165, 1.54) is 0 Å². The van der Waals surface area contributed by atoms with E-state index in [0.29, 0.717) is 29.1 Å². The lowest BCUT2D eigenvalue weighted by Crippen LogP contribution is -2.37. The number of piperidine rings is 1. The molecule has 0 bridgehead atoms. The molecule has 4 rings (SSSR count). The quantitative estimate of drug-likeness (QED) is 0.608. The number of rotatable bonds is 3. The van der Waals surface area contributed by atoms with Gasteiger partial charge in [-0.3, -0.25) is 4.79 Å². The minimum atomic E-state index is -0.00546. The summed E-state index contributed by atoms with van der Waals surface area (Å²) in [6.45, 7) is 1.43. The van der Waals surface area contributed by atoms with Gasteiger partial charge in [-0.2, -0.15) is 0 Å². The minimum absolute atomic E-state index is 0.00546. The molecule has 1 aliphatic rings. The van der Waals surface area contributed by atoms with Crippen LogP contribution in [0.25, 0.3) is 17.1 Å². The van der Waals surface area contributed by atoms with Crippen LogP contribution in [0.4, 0.5) is 0 Å². The maximum absolute atomic E-state index is 12.5. The van der Waals surface area contributed by atoms with Crippen LogP contribution in [0, 0.1) is 0 Å². The predicted octanol–water partition coefficient (Wildman–Crippen LogP) is 5.29. The molecule has 1 amide bonds. The van der Waals surface area contributed by atoms with Crippen molar-refractivity contribution in [2.45, 2.75) is 18.8 Å².